The molecule has 0 N–H and O–H groups in total. The molecule has 0 saturated carbocycles. The molecule has 104 valence electrons. The Labute approximate surface area is 127 Å². The molecule has 1 aromatic rings. The molecule has 0 spiro atoms. The lowest BCUT2D eigenvalue weighted by molar-refractivity contribution is -0.135. The van der Waals surface area contributed by atoms with Crippen molar-refractivity contribution in [2.75, 3.05) is 21.2 Å². The highest BCUT2D eigenvalue weighted by molar-refractivity contribution is 8.04. The van der Waals surface area contributed by atoms with Gasteiger partial charge in [-0.1, -0.05) is 35.0 Å². The Balaban J connectivity index is 3.10. The number of hydrogen-bond donors (Lipinski definition) is 0. The molecule has 0 aliphatic heterocycles. The first-order valence-electron chi connectivity index (χ1n) is 5.45. The minimum Gasteiger partial charge on any atom is -0.465 e. The van der Waals surface area contributed by atoms with Gasteiger partial charge < -0.3 is 9.64 Å². The summed E-state index contributed by atoms with van der Waals surface area (Å²) in [5.74, 6) is -0.401. The van der Waals surface area contributed by atoms with Crippen LogP contribution in [0.2, 0.25) is 10.0 Å². The third-order valence-corrected chi connectivity index (χ3v) is 4.08. The van der Waals surface area contributed by atoms with E-state index in [9.17, 15) is 4.79 Å². The predicted molar refractivity (Wildman–Crippen MR) is 80.8 cm³/mol. The number of nitrogens with zero attached hydrogens (tertiary/aromatic N) is 1. The van der Waals surface area contributed by atoms with Crippen molar-refractivity contribution >= 4 is 40.9 Å². The Hall–Kier alpha value is -0.840. The zero-order valence-corrected chi connectivity index (χ0v) is 13.5. The lowest BCUT2D eigenvalue weighted by Gasteiger charge is -2.12. The van der Waals surface area contributed by atoms with Crippen LogP contribution < -0.4 is 0 Å². The number of carbonyl (C=O) groups excluding carboxylic acids is 1. The fraction of sp³-hybridized carbons (Fsp3) is 0.308. The Morgan fingerprint density at radius 2 is 1.95 bits per heavy atom. The second kappa shape index (κ2) is 7.08. The number of carbonyl (C=O) groups is 1. The summed E-state index contributed by atoms with van der Waals surface area (Å²) in [7, 11) is 5.01. The van der Waals surface area contributed by atoms with E-state index in [4.69, 9.17) is 27.9 Å². The highest BCUT2D eigenvalue weighted by Gasteiger charge is 2.15. The summed E-state index contributed by atoms with van der Waals surface area (Å²) < 4.78 is 4.76. The Bertz CT molecular complexity index is 516. The average molecular weight is 320 g/mol. The van der Waals surface area contributed by atoms with Gasteiger partial charge in [-0.15, -0.1) is 0 Å². The molecule has 0 aliphatic rings. The fourth-order valence-corrected chi connectivity index (χ4v) is 2.84. The van der Waals surface area contributed by atoms with Crippen molar-refractivity contribution in [2.45, 2.75) is 11.8 Å². The van der Waals surface area contributed by atoms with Gasteiger partial charge in [-0.25, -0.2) is 4.79 Å². The summed E-state index contributed by atoms with van der Waals surface area (Å²) in [5.41, 5.74) is 0.905. The normalized spacial score (nSPS) is 11.4. The Kier molecular flexibility index (Phi) is 6.04. The van der Waals surface area contributed by atoms with Crippen LogP contribution in [0.3, 0.4) is 0 Å². The molecule has 19 heavy (non-hydrogen) atoms. The zero-order chi connectivity index (χ0) is 14.6. The van der Waals surface area contributed by atoms with E-state index >= 15 is 0 Å². The first-order chi connectivity index (χ1) is 8.85. The van der Waals surface area contributed by atoms with Gasteiger partial charge in [-0.3, -0.25) is 0 Å². The van der Waals surface area contributed by atoms with Crippen LogP contribution in [-0.4, -0.2) is 32.1 Å². The van der Waals surface area contributed by atoms with Crippen LogP contribution in [-0.2, 0) is 9.53 Å². The van der Waals surface area contributed by atoms with E-state index in [1.54, 1.807) is 17.2 Å². The Morgan fingerprint density at radius 1 is 1.32 bits per heavy atom. The number of hydrogen-bond acceptors (Lipinski definition) is 4. The van der Waals surface area contributed by atoms with Crippen LogP contribution in [0.15, 0.2) is 28.1 Å². The third-order valence-electron chi connectivity index (χ3n) is 2.20. The lowest BCUT2D eigenvalue weighted by atomic mass is 10.2. The zero-order valence-electron chi connectivity index (χ0n) is 11.2. The van der Waals surface area contributed by atoms with Gasteiger partial charge in [0.25, 0.3) is 0 Å². The first kappa shape index (κ1) is 16.2. The van der Waals surface area contributed by atoms with Crippen molar-refractivity contribution in [1.29, 1.82) is 0 Å². The number of esters is 1. The number of benzene rings is 1. The van der Waals surface area contributed by atoms with Crippen LogP contribution >= 0.6 is 35.0 Å². The molecule has 0 radical (unpaired) electrons. The van der Waals surface area contributed by atoms with E-state index in [1.807, 2.05) is 27.1 Å². The second-order valence-electron chi connectivity index (χ2n) is 4.08. The first-order valence-corrected chi connectivity index (χ1v) is 7.02. The fourth-order valence-electron chi connectivity index (χ4n) is 1.28. The van der Waals surface area contributed by atoms with Crippen molar-refractivity contribution in [3.63, 3.8) is 0 Å². The number of rotatable bonds is 4. The molecule has 0 amide bonds. The summed E-state index contributed by atoms with van der Waals surface area (Å²) in [5, 5.41) is 1.11. The summed E-state index contributed by atoms with van der Waals surface area (Å²) >= 11 is 13.4. The quantitative estimate of drug-likeness (QED) is 0.477. The standard InChI is InChI=1S/C13H15Cl2NO2S/c1-8-5-11(10(15)6-9(8)14)19-12(7-16(2)3)13(17)18-4/h5-7H,1-4H3/b12-7-. The Morgan fingerprint density at radius 3 is 2.47 bits per heavy atom. The minimum atomic E-state index is -0.401. The summed E-state index contributed by atoms with van der Waals surface area (Å²) in [6.45, 7) is 1.89. The molecule has 0 heterocycles. The van der Waals surface area contributed by atoms with E-state index in [1.165, 1.54) is 18.9 Å². The minimum absolute atomic E-state index is 0.401. The second-order valence-corrected chi connectivity index (χ2v) is 5.98. The number of halogens is 2. The van der Waals surface area contributed by atoms with Crippen LogP contribution in [0.4, 0.5) is 0 Å². The van der Waals surface area contributed by atoms with Gasteiger partial charge in [-0.2, -0.15) is 0 Å². The number of methoxy groups -OCH3 is 1. The monoisotopic (exact) mass is 319 g/mol. The SMILES string of the molecule is COC(=O)/C(=C/N(C)C)Sc1cc(C)c(Cl)cc1Cl. The highest BCUT2D eigenvalue weighted by atomic mass is 35.5. The number of ether oxygens (including phenoxy) is 1. The van der Waals surface area contributed by atoms with Gasteiger partial charge >= 0.3 is 5.97 Å². The van der Waals surface area contributed by atoms with Gasteiger partial charge in [0, 0.05) is 30.2 Å². The molecule has 3 nitrogen and oxygen atoms in total. The molecular formula is C13H15Cl2NO2S. The van der Waals surface area contributed by atoms with Gasteiger partial charge in [0.05, 0.1) is 12.1 Å². The van der Waals surface area contributed by atoms with Gasteiger partial charge in [-0.05, 0) is 24.6 Å². The van der Waals surface area contributed by atoms with E-state index in [-0.39, 0.29) is 0 Å². The molecule has 6 heteroatoms. The average Bonchev–Trinajstić information content (AvgIpc) is 2.33. The maximum atomic E-state index is 11.7. The van der Waals surface area contributed by atoms with Crippen molar-refractivity contribution in [1.82, 2.24) is 4.90 Å². The summed E-state index contributed by atoms with van der Waals surface area (Å²) in [6, 6.07) is 3.52. The lowest BCUT2D eigenvalue weighted by Crippen LogP contribution is -2.08. The molecule has 0 aromatic heterocycles. The van der Waals surface area contributed by atoms with Crippen LogP contribution in [0.25, 0.3) is 0 Å². The van der Waals surface area contributed by atoms with Gasteiger partial charge in [0.15, 0.2) is 0 Å². The number of thioether (sulfide) groups is 1. The maximum Gasteiger partial charge on any atom is 0.346 e. The van der Waals surface area contributed by atoms with Crippen molar-refractivity contribution in [3.8, 4) is 0 Å². The summed E-state index contributed by atoms with van der Waals surface area (Å²) in [4.78, 5) is 14.7. The molecule has 0 bridgehead atoms. The van der Waals surface area contributed by atoms with Crippen LogP contribution in [0, 0.1) is 6.92 Å². The molecule has 0 saturated heterocycles. The van der Waals surface area contributed by atoms with Crippen molar-refractivity contribution in [3.05, 3.63) is 38.8 Å². The van der Waals surface area contributed by atoms with Crippen molar-refractivity contribution in [2.24, 2.45) is 0 Å². The van der Waals surface area contributed by atoms with Gasteiger partial charge in [0.1, 0.15) is 4.91 Å². The molecule has 0 fully saturated rings. The number of aryl methyl sites for hydroxylation is 1. The van der Waals surface area contributed by atoms with Crippen molar-refractivity contribution < 1.29 is 9.53 Å². The van der Waals surface area contributed by atoms with E-state index in [0.717, 1.165) is 10.5 Å². The maximum absolute atomic E-state index is 11.7. The molecule has 0 aliphatic carbocycles. The van der Waals surface area contributed by atoms with E-state index < -0.39 is 5.97 Å². The predicted octanol–water partition coefficient (Wildman–Crippen LogP) is 3.97. The molecule has 1 rings (SSSR count). The molecule has 1 aromatic carbocycles. The molecular weight excluding hydrogens is 305 g/mol. The van der Waals surface area contributed by atoms with Crippen LogP contribution in [0.1, 0.15) is 5.56 Å². The summed E-state index contributed by atoms with van der Waals surface area (Å²) in [6.07, 6.45) is 1.69. The molecule has 0 atom stereocenters. The van der Waals surface area contributed by atoms with Gasteiger partial charge in [0.2, 0.25) is 0 Å². The smallest absolute Gasteiger partial charge is 0.346 e. The third kappa shape index (κ3) is 4.64. The topological polar surface area (TPSA) is 29.5 Å². The van der Waals surface area contributed by atoms with E-state index in [2.05, 4.69) is 0 Å². The molecule has 0 unspecified atom stereocenters. The largest absolute Gasteiger partial charge is 0.465 e. The van der Waals surface area contributed by atoms with E-state index in [0.29, 0.717) is 15.0 Å². The highest BCUT2D eigenvalue weighted by Crippen LogP contribution is 2.36. The van der Waals surface area contributed by atoms with Crippen LogP contribution in [0.5, 0.6) is 0 Å².